The zero-order valence-corrected chi connectivity index (χ0v) is 11.0. The first-order valence-electron chi connectivity index (χ1n) is 5.63. The molecule has 82 valence electrons. The molecule has 0 spiro atoms. The molecule has 0 amide bonds. The molecule has 0 aromatic heterocycles. The summed E-state index contributed by atoms with van der Waals surface area (Å²) in [5, 5.41) is 3.55. The third-order valence-electron chi connectivity index (χ3n) is 3.09. The fourth-order valence-electron chi connectivity index (χ4n) is 1.94. The largest absolute Gasteiger partial charge is 0.312 e. The highest BCUT2D eigenvalue weighted by molar-refractivity contribution is 9.10. The fourth-order valence-corrected chi connectivity index (χ4v) is 2.63. The molecule has 1 saturated carbocycles. The van der Waals surface area contributed by atoms with Crippen molar-refractivity contribution in [1.29, 1.82) is 0 Å². The van der Waals surface area contributed by atoms with Gasteiger partial charge in [-0.1, -0.05) is 15.9 Å². The van der Waals surface area contributed by atoms with Gasteiger partial charge in [0.1, 0.15) is 0 Å². The van der Waals surface area contributed by atoms with Crippen molar-refractivity contribution in [2.45, 2.75) is 33.2 Å². The number of benzene rings is 1. The summed E-state index contributed by atoms with van der Waals surface area (Å²) in [5.41, 5.74) is 4.22. The SMILES string of the molecule is Cc1cc(Br)cc(C)c1CNCC1CC1. The Bertz CT molecular complexity index is 333. The molecular formula is C13H18BrN. The minimum atomic E-state index is 0.959. The summed E-state index contributed by atoms with van der Waals surface area (Å²) in [5.74, 6) is 0.959. The second kappa shape index (κ2) is 4.67. The van der Waals surface area contributed by atoms with E-state index in [2.05, 4.69) is 47.2 Å². The summed E-state index contributed by atoms with van der Waals surface area (Å²) in [6, 6.07) is 4.39. The van der Waals surface area contributed by atoms with Crippen LogP contribution in [-0.4, -0.2) is 6.54 Å². The van der Waals surface area contributed by atoms with Crippen LogP contribution < -0.4 is 5.32 Å². The molecule has 0 saturated heterocycles. The molecule has 0 radical (unpaired) electrons. The Balaban J connectivity index is 1.99. The van der Waals surface area contributed by atoms with Crippen LogP contribution in [0.25, 0.3) is 0 Å². The van der Waals surface area contributed by atoms with Crippen molar-refractivity contribution < 1.29 is 0 Å². The fraction of sp³-hybridized carbons (Fsp3) is 0.538. The molecular weight excluding hydrogens is 250 g/mol. The number of rotatable bonds is 4. The van der Waals surface area contributed by atoms with E-state index in [4.69, 9.17) is 0 Å². The van der Waals surface area contributed by atoms with Gasteiger partial charge < -0.3 is 5.32 Å². The number of aryl methyl sites for hydroxylation is 2. The number of hydrogen-bond donors (Lipinski definition) is 1. The van der Waals surface area contributed by atoms with Gasteiger partial charge >= 0.3 is 0 Å². The maximum absolute atomic E-state index is 3.55. The van der Waals surface area contributed by atoms with E-state index in [0.29, 0.717) is 0 Å². The molecule has 1 nitrogen and oxygen atoms in total. The van der Waals surface area contributed by atoms with E-state index >= 15 is 0 Å². The van der Waals surface area contributed by atoms with Crippen LogP contribution in [-0.2, 0) is 6.54 Å². The van der Waals surface area contributed by atoms with Crippen LogP contribution >= 0.6 is 15.9 Å². The Morgan fingerprint density at radius 2 is 1.87 bits per heavy atom. The molecule has 0 bridgehead atoms. The highest BCUT2D eigenvalue weighted by atomic mass is 79.9. The molecule has 15 heavy (non-hydrogen) atoms. The normalized spacial score (nSPS) is 15.7. The Hall–Kier alpha value is -0.340. The van der Waals surface area contributed by atoms with Crippen molar-refractivity contribution in [3.05, 3.63) is 33.3 Å². The number of halogens is 1. The maximum Gasteiger partial charge on any atom is 0.0210 e. The predicted molar refractivity (Wildman–Crippen MR) is 68.0 cm³/mol. The van der Waals surface area contributed by atoms with Gasteiger partial charge in [0, 0.05) is 11.0 Å². The highest BCUT2D eigenvalue weighted by Gasteiger charge is 2.20. The summed E-state index contributed by atoms with van der Waals surface area (Å²) in [6.07, 6.45) is 2.84. The first-order chi connectivity index (χ1) is 7.16. The van der Waals surface area contributed by atoms with E-state index < -0.39 is 0 Å². The molecule has 0 unspecified atom stereocenters. The van der Waals surface area contributed by atoms with Crippen LogP contribution in [0.3, 0.4) is 0 Å². The second-order valence-electron chi connectivity index (χ2n) is 4.59. The third-order valence-corrected chi connectivity index (χ3v) is 3.55. The zero-order valence-electron chi connectivity index (χ0n) is 9.44. The maximum atomic E-state index is 3.55. The van der Waals surface area contributed by atoms with E-state index in [1.165, 1.54) is 40.5 Å². The molecule has 1 aromatic carbocycles. The monoisotopic (exact) mass is 267 g/mol. The van der Waals surface area contributed by atoms with Crippen LogP contribution in [0.4, 0.5) is 0 Å². The molecule has 1 aliphatic carbocycles. The van der Waals surface area contributed by atoms with Crippen molar-refractivity contribution in [3.8, 4) is 0 Å². The summed E-state index contributed by atoms with van der Waals surface area (Å²) >= 11 is 3.53. The lowest BCUT2D eigenvalue weighted by Gasteiger charge is -2.11. The minimum Gasteiger partial charge on any atom is -0.312 e. The molecule has 2 rings (SSSR count). The van der Waals surface area contributed by atoms with Crippen molar-refractivity contribution in [2.24, 2.45) is 5.92 Å². The van der Waals surface area contributed by atoms with Gasteiger partial charge in [0.2, 0.25) is 0 Å². The number of hydrogen-bond acceptors (Lipinski definition) is 1. The molecule has 0 heterocycles. The summed E-state index contributed by atoms with van der Waals surface area (Å²) in [6.45, 7) is 6.58. The Labute approximate surface area is 100 Å². The standard InChI is InChI=1S/C13H18BrN/c1-9-5-12(14)6-10(2)13(9)8-15-7-11-3-4-11/h5-6,11,15H,3-4,7-8H2,1-2H3. The van der Waals surface area contributed by atoms with Gasteiger partial charge in [-0.05, 0) is 68.0 Å². The van der Waals surface area contributed by atoms with Gasteiger partial charge in [-0.2, -0.15) is 0 Å². The molecule has 0 atom stereocenters. The lowest BCUT2D eigenvalue weighted by atomic mass is 10.0. The first kappa shape index (κ1) is 11.2. The Morgan fingerprint density at radius 1 is 1.27 bits per heavy atom. The van der Waals surface area contributed by atoms with Crippen LogP contribution in [0, 0.1) is 19.8 Å². The average molecular weight is 268 g/mol. The predicted octanol–water partition coefficient (Wildman–Crippen LogP) is 3.57. The van der Waals surface area contributed by atoms with Crippen LogP contribution in [0.1, 0.15) is 29.5 Å². The van der Waals surface area contributed by atoms with E-state index in [1.54, 1.807) is 0 Å². The zero-order chi connectivity index (χ0) is 10.8. The lowest BCUT2D eigenvalue weighted by Crippen LogP contribution is -2.17. The van der Waals surface area contributed by atoms with Crippen LogP contribution in [0.2, 0.25) is 0 Å². The van der Waals surface area contributed by atoms with E-state index in [-0.39, 0.29) is 0 Å². The topological polar surface area (TPSA) is 12.0 Å². The van der Waals surface area contributed by atoms with Crippen molar-refractivity contribution in [3.63, 3.8) is 0 Å². The van der Waals surface area contributed by atoms with Crippen molar-refractivity contribution in [1.82, 2.24) is 5.32 Å². The van der Waals surface area contributed by atoms with Gasteiger partial charge in [-0.25, -0.2) is 0 Å². The summed E-state index contributed by atoms with van der Waals surface area (Å²) in [4.78, 5) is 0. The second-order valence-corrected chi connectivity index (χ2v) is 5.51. The van der Waals surface area contributed by atoms with Gasteiger partial charge in [0.05, 0.1) is 0 Å². The lowest BCUT2D eigenvalue weighted by molar-refractivity contribution is 0.635. The van der Waals surface area contributed by atoms with Gasteiger partial charge in [0.15, 0.2) is 0 Å². The quantitative estimate of drug-likeness (QED) is 0.880. The van der Waals surface area contributed by atoms with E-state index in [0.717, 1.165) is 12.5 Å². The van der Waals surface area contributed by atoms with Crippen molar-refractivity contribution in [2.75, 3.05) is 6.54 Å². The Kier molecular flexibility index (Phi) is 3.47. The highest BCUT2D eigenvalue weighted by Crippen LogP contribution is 2.28. The minimum absolute atomic E-state index is 0.959. The van der Waals surface area contributed by atoms with Crippen LogP contribution in [0.15, 0.2) is 16.6 Å². The molecule has 1 aliphatic rings. The van der Waals surface area contributed by atoms with Crippen molar-refractivity contribution >= 4 is 15.9 Å². The molecule has 1 N–H and O–H groups in total. The Morgan fingerprint density at radius 3 is 2.40 bits per heavy atom. The smallest absolute Gasteiger partial charge is 0.0210 e. The number of nitrogens with one attached hydrogen (secondary N) is 1. The molecule has 2 heteroatoms. The van der Waals surface area contributed by atoms with Gasteiger partial charge in [-0.3, -0.25) is 0 Å². The molecule has 0 aliphatic heterocycles. The van der Waals surface area contributed by atoms with E-state index in [9.17, 15) is 0 Å². The van der Waals surface area contributed by atoms with Gasteiger partial charge in [-0.15, -0.1) is 0 Å². The summed E-state index contributed by atoms with van der Waals surface area (Å²) in [7, 11) is 0. The summed E-state index contributed by atoms with van der Waals surface area (Å²) < 4.78 is 1.18. The molecule has 1 aromatic rings. The average Bonchev–Trinajstić information content (AvgIpc) is 2.93. The first-order valence-corrected chi connectivity index (χ1v) is 6.42. The van der Waals surface area contributed by atoms with Crippen LogP contribution in [0.5, 0.6) is 0 Å². The van der Waals surface area contributed by atoms with E-state index in [1.807, 2.05) is 0 Å². The molecule has 1 fully saturated rings. The third kappa shape index (κ3) is 3.05. The van der Waals surface area contributed by atoms with Gasteiger partial charge in [0.25, 0.3) is 0 Å².